The van der Waals surface area contributed by atoms with Crippen molar-refractivity contribution >= 4 is 39.5 Å². The Kier molecular flexibility index (Phi) is 68.1. The minimum Gasteiger partial charge on any atom is -0.462 e. The third-order valence-electron chi connectivity index (χ3n) is 18.4. The summed E-state index contributed by atoms with van der Waals surface area (Å²) in [5, 5.41) is 10.6. The number of hydrogen-bond acceptors (Lipinski definition) is 15. The lowest BCUT2D eigenvalue weighted by atomic mass is 10.0. The summed E-state index contributed by atoms with van der Waals surface area (Å²) in [5.74, 6) is 0.273. The highest BCUT2D eigenvalue weighted by atomic mass is 31.2. The summed E-state index contributed by atoms with van der Waals surface area (Å²) < 4.78 is 68.6. The molecular weight excluding hydrogens is 1280 g/mol. The van der Waals surface area contributed by atoms with Crippen LogP contribution in [0, 0.1) is 17.8 Å². The standard InChI is InChI=1S/C79H154O17P2/c1-8-9-10-11-36-46-53-60-76(81)89-66-74(95-78(83)62-55-48-41-34-28-22-16-13-19-25-31-38-44-51-58-71(4)5)68-93-97(85,86)91-64-73(80)65-92-98(87,88)94-69-75(96-79(84)63-56-49-42-35-29-23-17-14-20-26-32-39-45-52-59-72(6)7)67-90-77(82)61-54-47-40-33-27-21-15-12-18-24-30-37-43-50-57-70(2)3/h70-75,80H,8-69H2,1-7H3,(H,85,86)(H,87,88)/t73-,74+,75+/m0/s1. The van der Waals surface area contributed by atoms with Crippen LogP contribution in [0.2, 0.25) is 0 Å². The normalized spacial score (nSPS) is 14.0. The van der Waals surface area contributed by atoms with Crippen LogP contribution in [0.1, 0.15) is 408 Å². The third kappa shape index (κ3) is 72.4. The van der Waals surface area contributed by atoms with E-state index in [1.807, 2.05) is 0 Å². The van der Waals surface area contributed by atoms with E-state index in [2.05, 4.69) is 48.5 Å². The molecule has 98 heavy (non-hydrogen) atoms. The van der Waals surface area contributed by atoms with Crippen LogP contribution in [0.15, 0.2) is 0 Å². The Labute approximate surface area is 600 Å². The van der Waals surface area contributed by atoms with Crippen molar-refractivity contribution in [2.45, 2.75) is 426 Å². The maximum Gasteiger partial charge on any atom is 0.472 e. The van der Waals surface area contributed by atoms with Crippen LogP contribution < -0.4 is 0 Å². The van der Waals surface area contributed by atoms with Gasteiger partial charge in [-0.1, -0.05) is 357 Å². The summed E-state index contributed by atoms with van der Waals surface area (Å²) in [6.07, 6.45) is 57.0. The fraction of sp³-hybridized carbons (Fsp3) is 0.949. The van der Waals surface area contributed by atoms with Crippen LogP contribution in [0.25, 0.3) is 0 Å². The predicted molar refractivity (Wildman–Crippen MR) is 400 cm³/mol. The van der Waals surface area contributed by atoms with E-state index in [1.165, 1.54) is 205 Å². The Hall–Kier alpha value is -1.94. The molecule has 0 aliphatic heterocycles. The molecule has 5 atom stereocenters. The number of esters is 4. The van der Waals surface area contributed by atoms with E-state index in [4.69, 9.17) is 37.0 Å². The quantitative estimate of drug-likeness (QED) is 0.0222. The second-order valence-electron chi connectivity index (χ2n) is 29.9. The van der Waals surface area contributed by atoms with Gasteiger partial charge in [-0.05, 0) is 43.4 Å². The average molecular weight is 1440 g/mol. The zero-order valence-corrected chi connectivity index (χ0v) is 66.0. The first kappa shape index (κ1) is 96.1. The number of rotatable bonds is 77. The highest BCUT2D eigenvalue weighted by Crippen LogP contribution is 2.45. The van der Waals surface area contributed by atoms with Gasteiger partial charge in [-0.2, -0.15) is 0 Å². The zero-order valence-electron chi connectivity index (χ0n) is 64.3. The SMILES string of the molecule is CCCCCCCCCC(=O)OC[C@H](COP(=O)(O)OC[C@H](O)COP(=O)(O)OC[C@@H](COC(=O)CCCCCCCCCCCCCCCCC(C)C)OC(=O)CCCCCCCCCCCCCCCCC(C)C)OC(=O)CCCCCCCCCCCCCCCCC(C)C. The molecule has 2 unspecified atom stereocenters. The molecule has 0 bridgehead atoms. The van der Waals surface area contributed by atoms with Gasteiger partial charge < -0.3 is 33.8 Å². The summed E-state index contributed by atoms with van der Waals surface area (Å²) in [5.41, 5.74) is 0. The summed E-state index contributed by atoms with van der Waals surface area (Å²) in [6, 6.07) is 0. The Morgan fingerprint density at radius 2 is 0.469 bits per heavy atom. The van der Waals surface area contributed by atoms with E-state index in [0.29, 0.717) is 25.7 Å². The van der Waals surface area contributed by atoms with E-state index < -0.39 is 97.5 Å². The molecular formula is C79H154O17P2. The van der Waals surface area contributed by atoms with Crippen molar-refractivity contribution in [3.8, 4) is 0 Å². The van der Waals surface area contributed by atoms with Gasteiger partial charge in [-0.25, -0.2) is 9.13 Å². The lowest BCUT2D eigenvalue weighted by molar-refractivity contribution is -0.161. The van der Waals surface area contributed by atoms with E-state index in [9.17, 15) is 43.2 Å². The summed E-state index contributed by atoms with van der Waals surface area (Å²) in [6.45, 7) is 12.0. The second-order valence-corrected chi connectivity index (χ2v) is 32.8. The van der Waals surface area contributed by atoms with Crippen molar-refractivity contribution < 1.29 is 80.2 Å². The number of carbonyl (C=O) groups is 4. The smallest absolute Gasteiger partial charge is 0.462 e. The second kappa shape index (κ2) is 69.4. The molecule has 0 aromatic rings. The van der Waals surface area contributed by atoms with Crippen LogP contribution in [0.5, 0.6) is 0 Å². The molecule has 3 N–H and O–H groups in total. The van der Waals surface area contributed by atoms with Crippen molar-refractivity contribution in [3.05, 3.63) is 0 Å². The minimum absolute atomic E-state index is 0.107. The lowest BCUT2D eigenvalue weighted by Crippen LogP contribution is -2.30. The van der Waals surface area contributed by atoms with Crippen molar-refractivity contribution in [1.29, 1.82) is 0 Å². The van der Waals surface area contributed by atoms with Gasteiger partial charge >= 0.3 is 39.5 Å². The Morgan fingerprint density at radius 3 is 0.694 bits per heavy atom. The van der Waals surface area contributed by atoms with Gasteiger partial charge in [0.15, 0.2) is 12.2 Å². The summed E-state index contributed by atoms with van der Waals surface area (Å²) in [4.78, 5) is 72.8. The Morgan fingerprint density at radius 1 is 0.276 bits per heavy atom. The molecule has 0 aliphatic carbocycles. The molecule has 582 valence electrons. The number of carbonyl (C=O) groups excluding carboxylic acids is 4. The molecule has 0 aliphatic rings. The van der Waals surface area contributed by atoms with E-state index in [-0.39, 0.29) is 25.7 Å². The van der Waals surface area contributed by atoms with E-state index in [1.54, 1.807) is 0 Å². The van der Waals surface area contributed by atoms with Crippen LogP contribution >= 0.6 is 15.6 Å². The van der Waals surface area contributed by atoms with Crippen LogP contribution in [-0.4, -0.2) is 96.7 Å². The molecule has 0 fully saturated rings. The molecule has 0 aromatic carbocycles. The first-order chi connectivity index (χ1) is 47.2. The number of aliphatic hydroxyl groups excluding tert-OH is 1. The molecule has 0 amide bonds. The van der Waals surface area contributed by atoms with E-state index >= 15 is 0 Å². The van der Waals surface area contributed by atoms with Gasteiger partial charge in [0.2, 0.25) is 0 Å². The lowest BCUT2D eigenvalue weighted by Gasteiger charge is -2.21. The first-order valence-electron chi connectivity index (χ1n) is 40.8. The van der Waals surface area contributed by atoms with Crippen LogP contribution in [0.3, 0.4) is 0 Å². The molecule has 0 rings (SSSR count). The fourth-order valence-corrected chi connectivity index (χ4v) is 13.7. The van der Waals surface area contributed by atoms with Gasteiger partial charge in [0, 0.05) is 25.7 Å². The minimum atomic E-state index is -4.96. The Balaban J connectivity index is 5.19. The molecule has 0 heterocycles. The third-order valence-corrected chi connectivity index (χ3v) is 20.3. The number of unbranched alkanes of at least 4 members (excludes halogenated alkanes) is 45. The predicted octanol–water partition coefficient (Wildman–Crippen LogP) is 23.4. The Bertz CT molecular complexity index is 1900. The van der Waals surface area contributed by atoms with Crippen molar-refractivity contribution in [1.82, 2.24) is 0 Å². The first-order valence-corrected chi connectivity index (χ1v) is 43.8. The molecule has 0 saturated heterocycles. The molecule has 19 heteroatoms. The van der Waals surface area contributed by atoms with Gasteiger partial charge in [0.1, 0.15) is 19.3 Å². The number of aliphatic hydroxyl groups is 1. The number of ether oxygens (including phenoxy) is 4. The molecule has 0 spiro atoms. The van der Waals surface area contributed by atoms with Crippen LogP contribution in [0.4, 0.5) is 0 Å². The largest absolute Gasteiger partial charge is 0.472 e. The molecule has 0 aromatic heterocycles. The van der Waals surface area contributed by atoms with Crippen molar-refractivity contribution in [3.63, 3.8) is 0 Å². The maximum atomic E-state index is 13.1. The zero-order chi connectivity index (χ0) is 72.3. The van der Waals surface area contributed by atoms with Gasteiger partial charge in [-0.15, -0.1) is 0 Å². The fourth-order valence-electron chi connectivity index (χ4n) is 12.1. The highest BCUT2D eigenvalue weighted by molar-refractivity contribution is 7.47. The monoisotopic (exact) mass is 1440 g/mol. The van der Waals surface area contributed by atoms with Gasteiger partial charge in [0.05, 0.1) is 26.4 Å². The number of hydrogen-bond donors (Lipinski definition) is 3. The number of phosphoric ester groups is 2. The molecule has 0 saturated carbocycles. The van der Waals surface area contributed by atoms with Crippen molar-refractivity contribution in [2.75, 3.05) is 39.6 Å². The highest BCUT2D eigenvalue weighted by Gasteiger charge is 2.30. The summed E-state index contributed by atoms with van der Waals surface area (Å²) >= 11 is 0. The molecule has 17 nitrogen and oxygen atoms in total. The molecule has 0 radical (unpaired) electrons. The van der Waals surface area contributed by atoms with Crippen molar-refractivity contribution in [2.24, 2.45) is 17.8 Å². The topological polar surface area (TPSA) is 237 Å². The average Bonchev–Trinajstić information content (AvgIpc) is 0.953. The van der Waals surface area contributed by atoms with Gasteiger partial charge in [-0.3, -0.25) is 37.3 Å². The maximum absolute atomic E-state index is 13.1. The van der Waals surface area contributed by atoms with Crippen LogP contribution in [-0.2, 0) is 65.4 Å². The van der Waals surface area contributed by atoms with E-state index in [0.717, 1.165) is 120 Å². The summed E-state index contributed by atoms with van der Waals surface area (Å²) in [7, 11) is -9.91. The number of phosphoric acid groups is 2. The van der Waals surface area contributed by atoms with Gasteiger partial charge in [0.25, 0.3) is 0 Å².